The van der Waals surface area contributed by atoms with Crippen molar-refractivity contribution in [2.75, 3.05) is 26.2 Å². The van der Waals surface area contributed by atoms with Crippen molar-refractivity contribution >= 4 is 11.8 Å². The summed E-state index contributed by atoms with van der Waals surface area (Å²) in [6.45, 7) is 5.18. The van der Waals surface area contributed by atoms with Gasteiger partial charge in [-0.25, -0.2) is 4.98 Å². The van der Waals surface area contributed by atoms with Crippen LogP contribution in [-0.4, -0.2) is 53.9 Å². The number of ether oxygens (including phenoxy) is 1. The largest absolute Gasteiger partial charge is 0.473 e. The van der Waals surface area contributed by atoms with Crippen LogP contribution in [0.1, 0.15) is 42.1 Å². The normalized spacial score (nSPS) is 14.8. The Kier molecular flexibility index (Phi) is 8.20. The lowest BCUT2D eigenvalue weighted by atomic mass is 10.0. The van der Waals surface area contributed by atoms with Gasteiger partial charge >= 0.3 is 0 Å². The fraction of sp³-hybridized carbons (Fsp3) is 0.435. The van der Waals surface area contributed by atoms with Crippen molar-refractivity contribution < 1.29 is 14.3 Å². The fourth-order valence-electron chi connectivity index (χ4n) is 3.39. The van der Waals surface area contributed by atoms with Gasteiger partial charge in [0.15, 0.2) is 0 Å². The molecule has 0 unspecified atom stereocenters. The van der Waals surface area contributed by atoms with Gasteiger partial charge in [0, 0.05) is 43.5 Å². The van der Waals surface area contributed by atoms with E-state index in [0.717, 1.165) is 37.9 Å². The fourth-order valence-corrected chi connectivity index (χ4v) is 3.39. The summed E-state index contributed by atoms with van der Waals surface area (Å²) in [5.41, 5.74) is 1.58. The zero-order valence-electron chi connectivity index (χ0n) is 17.5. The lowest BCUT2D eigenvalue weighted by Crippen LogP contribution is -2.47. The molecule has 1 aromatic heterocycles. The van der Waals surface area contributed by atoms with Gasteiger partial charge in [0.1, 0.15) is 6.61 Å². The summed E-state index contributed by atoms with van der Waals surface area (Å²) in [7, 11) is 0. The van der Waals surface area contributed by atoms with Crippen molar-refractivity contribution in [2.24, 2.45) is 0 Å². The summed E-state index contributed by atoms with van der Waals surface area (Å²) in [4.78, 5) is 30.8. The van der Waals surface area contributed by atoms with Gasteiger partial charge < -0.3 is 15.4 Å². The smallest absolute Gasteiger partial charge is 0.251 e. The third kappa shape index (κ3) is 6.84. The molecule has 2 N–H and O–H groups in total. The molecule has 1 aliphatic rings. The predicted molar refractivity (Wildman–Crippen MR) is 115 cm³/mol. The van der Waals surface area contributed by atoms with E-state index in [0.29, 0.717) is 31.1 Å². The minimum atomic E-state index is -0.124. The van der Waals surface area contributed by atoms with E-state index in [2.05, 4.69) is 20.5 Å². The Labute approximate surface area is 177 Å². The van der Waals surface area contributed by atoms with Crippen LogP contribution in [0.15, 0.2) is 48.7 Å². The van der Waals surface area contributed by atoms with Gasteiger partial charge in [0.25, 0.3) is 5.91 Å². The van der Waals surface area contributed by atoms with E-state index in [9.17, 15) is 9.59 Å². The van der Waals surface area contributed by atoms with Crippen molar-refractivity contribution in [3.8, 4) is 5.88 Å². The molecule has 2 heterocycles. The molecule has 0 bridgehead atoms. The van der Waals surface area contributed by atoms with Crippen molar-refractivity contribution in [2.45, 2.75) is 38.8 Å². The van der Waals surface area contributed by atoms with Gasteiger partial charge in [0.2, 0.25) is 11.8 Å². The molecule has 1 aromatic carbocycles. The number of pyridine rings is 1. The number of nitrogens with one attached hydrogen (secondary N) is 2. The van der Waals surface area contributed by atoms with Crippen LogP contribution in [0.3, 0.4) is 0 Å². The molecule has 0 aliphatic carbocycles. The van der Waals surface area contributed by atoms with Crippen LogP contribution >= 0.6 is 0 Å². The second kappa shape index (κ2) is 11.3. The highest BCUT2D eigenvalue weighted by atomic mass is 16.5. The number of benzene rings is 1. The van der Waals surface area contributed by atoms with E-state index in [-0.39, 0.29) is 17.9 Å². The Morgan fingerprint density at radius 2 is 1.93 bits per heavy atom. The minimum Gasteiger partial charge on any atom is -0.473 e. The minimum absolute atomic E-state index is 0.0687. The van der Waals surface area contributed by atoms with Crippen LogP contribution in [0, 0.1) is 0 Å². The van der Waals surface area contributed by atoms with Crippen molar-refractivity contribution in [1.82, 2.24) is 20.5 Å². The zero-order chi connectivity index (χ0) is 21.2. The first-order chi connectivity index (χ1) is 14.6. The Hall–Kier alpha value is -2.93. The topological polar surface area (TPSA) is 83.6 Å². The van der Waals surface area contributed by atoms with Crippen LogP contribution in [0.25, 0.3) is 0 Å². The van der Waals surface area contributed by atoms with E-state index in [1.807, 2.05) is 37.3 Å². The molecule has 1 saturated heterocycles. The summed E-state index contributed by atoms with van der Waals surface area (Å²) in [5, 5.41) is 6.00. The number of aromatic nitrogens is 1. The molecule has 0 atom stereocenters. The third-order valence-corrected chi connectivity index (χ3v) is 5.09. The van der Waals surface area contributed by atoms with E-state index >= 15 is 0 Å². The highest BCUT2D eigenvalue weighted by Crippen LogP contribution is 2.14. The molecule has 2 amide bonds. The van der Waals surface area contributed by atoms with Crippen molar-refractivity contribution in [3.05, 3.63) is 59.8 Å². The number of amides is 2. The Morgan fingerprint density at radius 3 is 2.67 bits per heavy atom. The van der Waals surface area contributed by atoms with Gasteiger partial charge in [0.05, 0.1) is 6.54 Å². The maximum atomic E-state index is 12.6. The lowest BCUT2D eigenvalue weighted by Gasteiger charge is -2.31. The van der Waals surface area contributed by atoms with Crippen LogP contribution in [-0.2, 0) is 11.4 Å². The van der Waals surface area contributed by atoms with E-state index < -0.39 is 0 Å². The molecule has 1 aliphatic heterocycles. The molecule has 7 nitrogen and oxygen atoms in total. The van der Waals surface area contributed by atoms with Crippen molar-refractivity contribution in [3.63, 3.8) is 0 Å². The Balaban J connectivity index is 1.44. The molecule has 30 heavy (non-hydrogen) atoms. The first kappa shape index (κ1) is 21.8. The Morgan fingerprint density at radius 1 is 1.17 bits per heavy atom. The molecule has 2 aromatic rings. The first-order valence-electron chi connectivity index (χ1n) is 10.6. The molecule has 0 saturated carbocycles. The number of nitrogens with zero attached hydrogens (tertiary/aromatic N) is 2. The first-order valence-corrected chi connectivity index (χ1v) is 10.6. The number of rotatable bonds is 9. The molecular formula is C23H30N4O3. The van der Waals surface area contributed by atoms with Gasteiger partial charge in [-0.1, -0.05) is 37.3 Å². The summed E-state index contributed by atoms with van der Waals surface area (Å²) in [5.74, 6) is 0.375. The Bertz CT molecular complexity index is 820. The highest BCUT2D eigenvalue weighted by Gasteiger charge is 2.22. The van der Waals surface area contributed by atoms with E-state index in [1.165, 1.54) is 0 Å². The monoisotopic (exact) mass is 410 g/mol. The van der Waals surface area contributed by atoms with Crippen LogP contribution in [0.5, 0.6) is 5.88 Å². The average Bonchev–Trinajstić information content (AvgIpc) is 2.78. The standard InChI is InChI=1S/C23H30N4O3/c1-2-11-24-21(28)16-27-13-9-20(10-14-27)26-23(29)19-8-12-25-22(15-19)30-17-18-6-4-3-5-7-18/h3-8,12,15,20H,2,9-11,13-14,16-17H2,1H3,(H,24,28)(H,26,29). The van der Waals surface area contributed by atoms with Gasteiger partial charge in [-0.15, -0.1) is 0 Å². The number of hydrogen-bond acceptors (Lipinski definition) is 5. The molecular weight excluding hydrogens is 380 g/mol. The predicted octanol–water partition coefficient (Wildman–Crippen LogP) is 2.38. The summed E-state index contributed by atoms with van der Waals surface area (Å²) >= 11 is 0. The molecule has 160 valence electrons. The molecule has 1 fully saturated rings. The number of carbonyl (C=O) groups excluding carboxylic acids is 2. The molecule has 7 heteroatoms. The van der Waals surface area contributed by atoms with E-state index in [4.69, 9.17) is 4.74 Å². The number of likely N-dealkylation sites (tertiary alicyclic amines) is 1. The SMILES string of the molecule is CCCNC(=O)CN1CCC(NC(=O)c2ccnc(OCc3ccccc3)c2)CC1. The summed E-state index contributed by atoms with van der Waals surface area (Å²) in [6.07, 6.45) is 4.19. The van der Waals surface area contributed by atoms with Gasteiger partial charge in [-0.3, -0.25) is 14.5 Å². The number of carbonyl (C=O) groups is 2. The summed E-state index contributed by atoms with van der Waals surface area (Å²) < 4.78 is 5.72. The van der Waals surface area contributed by atoms with Crippen LogP contribution < -0.4 is 15.4 Å². The molecule has 0 spiro atoms. The van der Waals surface area contributed by atoms with Crippen molar-refractivity contribution in [1.29, 1.82) is 0 Å². The third-order valence-electron chi connectivity index (χ3n) is 5.09. The second-order valence-electron chi connectivity index (χ2n) is 7.53. The number of piperidine rings is 1. The number of hydrogen-bond donors (Lipinski definition) is 2. The average molecular weight is 411 g/mol. The van der Waals surface area contributed by atoms with Gasteiger partial charge in [-0.05, 0) is 30.9 Å². The van der Waals surface area contributed by atoms with Gasteiger partial charge in [-0.2, -0.15) is 0 Å². The highest BCUT2D eigenvalue weighted by molar-refractivity contribution is 5.94. The molecule has 0 radical (unpaired) electrons. The maximum Gasteiger partial charge on any atom is 0.251 e. The van der Waals surface area contributed by atoms with Crippen LogP contribution in [0.4, 0.5) is 0 Å². The second-order valence-corrected chi connectivity index (χ2v) is 7.53. The maximum absolute atomic E-state index is 12.6. The summed E-state index contributed by atoms with van der Waals surface area (Å²) in [6, 6.07) is 13.3. The molecule has 3 rings (SSSR count). The lowest BCUT2D eigenvalue weighted by molar-refractivity contribution is -0.122. The quantitative estimate of drug-likeness (QED) is 0.663. The van der Waals surface area contributed by atoms with Crippen LogP contribution in [0.2, 0.25) is 0 Å². The van der Waals surface area contributed by atoms with E-state index in [1.54, 1.807) is 18.3 Å². The zero-order valence-corrected chi connectivity index (χ0v) is 17.5.